The van der Waals surface area contributed by atoms with E-state index in [9.17, 15) is 4.79 Å². The van der Waals surface area contributed by atoms with Crippen molar-refractivity contribution in [3.63, 3.8) is 0 Å². The molecule has 0 aliphatic rings. The lowest BCUT2D eigenvalue weighted by molar-refractivity contribution is 0.0963. The van der Waals surface area contributed by atoms with Crippen LogP contribution in [0, 0.1) is 0 Å². The molecule has 0 unspecified atom stereocenters. The van der Waals surface area contributed by atoms with Crippen molar-refractivity contribution in [1.82, 2.24) is 5.32 Å². The Kier molecular flexibility index (Phi) is 3.51. The molecule has 0 bridgehead atoms. The Morgan fingerprint density at radius 1 is 1.27 bits per heavy atom. The molecule has 1 amide bonds. The van der Waals surface area contributed by atoms with Gasteiger partial charge in [-0.1, -0.05) is 32.9 Å². The second kappa shape index (κ2) is 4.47. The first-order valence-electron chi connectivity index (χ1n) is 5.34. The average Bonchev–Trinajstić information content (AvgIpc) is 2.28. The third-order valence-electron chi connectivity index (χ3n) is 3.04. The normalized spacial score (nSPS) is 11.2. The quantitative estimate of drug-likeness (QED) is 0.807. The first-order valence-corrected chi connectivity index (χ1v) is 5.34. The van der Waals surface area contributed by atoms with Crippen LogP contribution < -0.4 is 5.32 Å². The second-order valence-electron chi connectivity index (χ2n) is 4.39. The largest absolute Gasteiger partial charge is 0.355 e. The second-order valence-corrected chi connectivity index (χ2v) is 4.39. The first-order chi connectivity index (χ1) is 7.01. The molecule has 82 valence electrons. The fourth-order valence-electron chi connectivity index (χ4n) is 1.42. The molecular weight excluding hydrogens is 186 g/mol. The molecule has 15 heavy (non-hydrogen) atoms. The van der Waals surface area contributed by atoms with Gasteiger partial charge in [-0.3, -0.25) is 4.79 Å². The predicted octanol–water partition coefficient (Wildman–Crippen LogP) is 2.73. The van der Waals surface area contributed by atoms with Gasteiger partial charge in [-0.15, -0.1) is 0 Å². The van der Waals surface area contributed by atoms with Crippen LogP contribution in [-0.2, 0) is 5.41 Å². The number of carbonyl (C=O) groups excluding carboxylic acids is 1. The van der Waals surface area contributed by atoms with Gasteiger partial charge in [0.05, 0.1) is 0 Å². The zero-order chi connectivity index (χ0) is 11.5. The standard InChI is InChI=1S/C13H19NO/c1-5-13(2,3)11-8-6-10(7-9-11)12(15)14-4/h6-9H,5H2,1-4H3,(H,14,15). The van der Waals surface area contributed by atoms with Crippen molar-refractivity contribution >= 4 is 5.91 Å². The maximum atomic E-state index is 11.3. The third kappa shape index (κ3) is 2.58. The molecule has 0 atom stereocenters. The predicted molar refractivity (Wildman–Crippen MR) is 63.1 cm³/mol. The number of rotatable bonds is 3. The van der Waals surface area contributed by atoms with Gasteiger partial charge in [-0.2, -0.15) is 0 Å². The van der Waals surface area contributed by atoms with Crippen LogP contribution in [0.1, 0.15) is 43.1 Å². The number of hydrogen-bond donors (Lipinski definition) is 1. The van der Waals surface area contributed by atoms with E-state index in [1.54, 1.807) is 7.05 Å². The molecule has 0 heterocycles. The number of benzene rings is 1. The highest BCUT2D eigenvalue weighted by molar-refractivity contribution is 5.93. The summed E-state index contributed by atoms with van der Waals surface area (Å²) in [5.41, 5.74) is 2.17. The molecule has 0 radical (unpaired) electrons. The van der Waals surface area contributed by atoms with Gasteiger partial charge in [0.1, 0.15) is 0 Å². The number of carbonyl (C=O) groups is 1. The molecule has 2 heteroatoms. The van der Waals surface area contributed by atoms with Crippen LogP contribution in [0.3, 0.4) is 0 Å². The van der Waals surface area contributed by atoms with Crippen LogP contribution in [0.5, 0.6) is 0 Å². The molecule has 1 aromatic rings. The highest BCUT2D eigenvalue weighted by atomic mass is 16.1. The zero-order valence-electron chi connectivity index (χ0n) is 9.92. The molecule has 1 N–H and O–H groups in total. The summed E-state index contributed by atoms with van der Waals surface area (Å²) in [5.74, 6) is -0.0316. The van der Waals surface area contributed by atoms with E-state index in [2.05, 4.69) is 26.1 Å². The Hall–Kier alpha value is -1.31. The van der Waals surface area contributed by atoms with E-state index in [0.717, 1.165) is 6.42 Å². The van der Waals surface area contributed by atoms with Crippen molar-refractivity contribution in [1.29, 1.82) is 0 Å². The van der Waals surface area contributed by atoms with Crippen LogP contribution in [0.4, 0.5) is 0 Å². The van der Waals surface area contributed by atoms with Crippen LogP contribution in [0.15, 0.2) is 24.3 Å². The highest BCUT2D eigenvalue weighted by Gasteiger charge is 2.17. The topological polar surface area (TPSA) is 29.1 Å². The Balaban J connectivity index is 2.95. The van der Waals surface area contributed by atoms with Crippen molar-refractivity contribution in [3.05, 3.63) is 35.4 Å². The van der Waals surface area contributed by atoms with E-state index in [4.69, 9.17) is 0 Å². The Labute approximate surface area is 91.7 Å². The van der Waals surface area contributed by atoms with Crippen molar-refractivity contribution in [2.45, 2.75) is 32.6 Å². The van der Waals surface area contributed by atoms with Crippen LogP contribution in [-0.4, -0.2) is 13.0 Å². The fraction of sp³-hybridized carbons (Fsp3) is 0.462. The monoisotopic (exact) mass is 205 g/mol. The summed E-state index contributed by atoms with van der Waals surface area (Å²) in [7, 11) is 1.65. The van der Waals surface area contributed by atoms with Crippen molar-refractivity contribution in [3.8, 4) is 0 Å². The molecular formula is C13H19NO. The summed E-state index contributed by atoms with van der Waals surface area (Å²) in [4.78, 5) is 11.3. The van der Waals surface area contributed by atoms with E-state index in [1.807, 2.05) is 24.3 Å². The smallest absolute Gasteiger partial charge is 0.251 e. The van der Waals surface area contributed by atoms with Gasteiger partial charge in [0, 0.05) is 12.6 Å². The van der Waals surface area contributed by atoms with Crippen molar-refractivity contribution in [2.75, 3.05) is 7.05 Å². The summed E-state index contributed by atoms with van der Waals surface area (Å²) in [5, 5.41) is 2.61. The Morgan fingerprint density at radius 2 is 1.80 bits per heavy atom. The Bertz CT molecular complexity index is 338. The van der Waals surface area contributed by atoms with Crippen LogP contribution in [0.25, 0.3) is 0 Å². The summed E-state index contributed by atoms with van der Waals surface area (Å²) >= 11 is 0. The average molecular weight is 205 g/mol. The lowest BCUT2D eigenvalue weighted by Gasteiger charge is -2.23. The van der Waals surface area contributed by atoms with Crippen molar-refractivity contribution in [2.24, 2.45) is 0 Å². The van der Waals surface area contributed by atoms with E-state index in [0.29, 0.717) is 5.56 Å². The van der Waals surface area contributed by atoms with Crippen molar-refractivity contribution < 1.29 is 4.79 Å². The van der Waals surface area contributed by atoms with E-state index >= 15 is 0 Å². The summed E-state index contributed by atoms with van der Waals surface area (Å²) in [6.45, 7) is 6.59. The molecule has 0 fully saturated rings. The molecule has 1 rings (SSSR count). The minimum atomic E-state index is -0.0316. The van der Waals surface area contributed by atoms with Gasteiger partial charge in [0.15, 0.2) is 0 Å². The molecule has 0 aromatic heterocycles. The number of hydrogen-bond acceptors (Lipinski definition) is 1. The van der Waals surface area contributed by atoms with Gasteiger partial charge in [0.2, 0.25) is 0 Å². The lowest BCUT2D eigenvalue weighted by Crippen LogP contribution is -2.19. The third-order valence-corrected chi connectivity index (χ3v) is 3.04. The molecule has 0 saturated heterocycles. The number of nitrogens with one attached hydrogen (secondary N) is 1. The summed E-state index contributed by atoms with van der Waals surface area (Å²) in [6, 6.07) is 7.83. The molecule has 1 aromatic carbocycles. The van der Waals surface area contributed by atoms with Gasteiger partial charge in [0.25, 0.3) is 5.91 Å². The molecule has 0 spiro atoms. The van der Waals surface area contributed by atoms with Gasteiger partial charge < -0.3 is 5.32 Å². The Morgan fingerprint density at radius 3 is 2.20 bits per heavy atom. The fourth-order valence-corrected chi connectivity index (χ4v) is 1.42. The maximum absolute atomic E-state index is 11.3. The number of amides is 1. The van der Waals surface area contributed by atoms with Gasteiger partial charge in [-0.25, -0.2) is 0 Å². The first kappa shape index (κ1) is 11.8. The van der Waals surface area contributed by atoms with E-state index in [1.165, 1.54) is 5.56 Å². The zero-order valence-corrected chi connectivity index (χ0v) is 9.92. The molecule has 0 saturated carbocycles. The summed E-state index contributed by atoms with van der Waals surface area (Å²) < 4.78 is 0. The van der Waals surface area contributed by atoms with Gasteiger partial charge in [-0.05, 0) is 29.5 Å². The molecule has 0 aliphatic carbocycles. The lowest BCUT2D eigenvalue weighted by atomic mass is 9.82. The molecule has 0 aliphatic heterocycles. The SMILES string of the molecule is CCC(C)(C)c1ccc(C(=O)NC)cc1. The minimum Gasteiger partial charge on any atom is -0.355 e. The molecule has 2 nitrogen and oxygen atoms in total. The van der Waals surface area contributed by atoms with E-state index in [-0.39, 0.29) is 11.3 Å². The summed E-state index contributed by atoms with van der Waals surface area (Å²) in [6.07, 6.45) is 1.09. The maximum Gasteiger partial charge on any atom is 0.251 e. The van der Waals surface area contributed by atoms with Gasteiger partial charge >= 0.3 is 0 Å². The van der Waals surface area contributed by atoms with Crippen LogP contribution in [0.2, 0.25) is 0 Å². The van der Waals surface area contributed by atoms with E-state index < -0.39 is 0 Å². The highest BCUT2D eigenvalue weighted by Crippen LogP contribution is 2.26. The van der Waals surface area contributed by atoms with Crippen LogP contribution >= 0.6 is 0 Å². The minimum absolute atomic E-state index is 0.0316.